The first-order valence-electron chi connectivity index (χ1n) is 7.13. The summed E-state index contributed by atoms with van der Waals surface area (Å²) >= 11 is 5.84. The van der Waals surface area contributed by atoms with Crippen molar-refractivity contribution in [3.63, 3.8) is 0 Å². The number of hydrogen-bond acceptors (Lipinski definition) is 6. The molecule has 1 amide bonds. The van der Waals surface area contributed by atoms with Crippen molar-refractivity contribution < 1.29 is 23.8 Å². The van der Waals surface area contributed by atoms with Crippen LogP contribution in [-0.4, -0.2) is 25.3 Å². The Hall–Kier alpha value is -3.24. The highest BCUT2D eigenvalue weighted by Gasteiger charge is 2.18. The average molecular weight is 359 g/mol. The lowest BCUT2D eigenvalue weighted by Crippen LogP contribution is -2.21. The molecule has 8 heteroatoms. The predicted octanol–water partition coefficient (Wildman–Crippen LogP) is 2.74. The van der Waals surface area contributed by atoms with Gasteiger partial charge < -0.3 is 19.5 Å². The molecule has 2 aromatic rings. The molecule has 0 saturated heterocycles. The van der Waals surface area contributed by atoms with Gasteiger partial charge in [0.15, 0.2) is 18.1 Å². The number of nitrogens with zero attached hydrogens (tertiary/aromatic N) is 1. The number of amides is 1. The molecule has 1 N–H and O–H groups in total. The molecule has 0 saturated carbocycles. The van der Waals surface area contributed by atoms with E-state index in [-0.39, 0.29) is 23.6 Å². The number of benzene rings is 2. The van der Waals surface area contributed by atoms with Crippen molar-refractivity contribution in [3.05, 3.63) is 52.5 Å². The molecule has 0 spiro atoms. The van der Waals surface area contributed by atoms with E-state index in [0.29, 0.717) is 16.5 Å². The van der Waals surface area contributed by atoms with Crippen LogP contribution in [0.2, 0.25) is 5.02 Å². The Kier molecular flexibility index (Phi) is 4.73. The number of halogens is 1. The van der Waals surface area contributed by atoms with E-state index < -0.39 is 18.5 Å². The minimum atomic E-state index is -0.681. The van der Waals surface area contributed by atoms with Gasteiger partial charge in [-0.3, -0.25) is 4.79 Å². The zero-order valence-electron chi connectivity index (χ0n) is 12.7. The molecule has 1 aliphatic heterocycles. The molecule has 2 aromatic carbocycles. The van der Waals surface area contributed by atoms with Crippen molar-refractivity contribution in [2.75, 3.05) is 18.7 Å². The van der Waals surface area contributed by atoms with Gasteiger partial charge in [0.25, 0.3) is 5.91 Å². The number of fused-ring (bicyclic) bond motifs is 1. The normalized spacial score (nSPS) is 11.5. The average Bonchev–Trinajstić information content (AvgIpc) is 3.07. The number of nitrogens with one attached hydrogen (secondary N) is 1. The summed E-state index contributed by atoms with van der Waals surface area (Å²) in [6, 6.07) is 11.0. The Morgan fingerprint density at radius 2 is 2.00 bits per heavy atom. The molecule has 0 atom stereocenters. The summed E-state index contributed by atoms with van der Waals surface area (Å²) in [7, 11) is 0. The standard InChI is InChI=1S/C17H11ClN2O5/c18-12-3-1-11(7-19)13(6-12)20-16(21)8-23-17(22)10-2-4-14-15(5-10)25-9-24-14/h1-6H,8-9H2,(H,20,21). The van der Waals surface area contributed by atoms with Crippen molar-refractivity contribution in [3.8, 4) is 17.6 Å². The number of carbonyl (C=O) groups is 2. The van der Waals surface area contributed by atoms with E-state index in [1.165, 1.54) is 30.3 Å². The zero-order chi connectivity index (χ0) is 17.8. The lowest BCUT2D eigenvalue weighted by Gasteiger charge is -2.08. The van der Waals surface area contributed by atoms with Gasteiger partial charge >= 0.3 is 5.97 Å². The Labute approximate surface area is 147 Å². The van der Waals surface area contributed by atoms with Crippen LogP contribution in [0.15, 0.2) is 36.4 Å². The van der Waals surface area contributed by atoms with Crippen molar-refractivity contribution in [2.45, 2.75) is 0 Å². The lowest BCUT2D eigenvalue weighted by molar-refractivity contribution is -0.119. The predicted molar refractivity (Wildman–Crippen MR) is 87.6 cm³/mol. The molecule has 0 fully saturated rings. The van der Waals surface area contributed by atoms with E-state index in [1.54, 1.807) is 6.07 Å². The highest BCUT2D eigenvalue weighted by atomic mass is 35.5. The highest BCUT2D eigenvalue weighted by molar-refractivity contribution is 6.31. The van der Waals surface area contributed by atoms with E-state index in [4.69, 9.17) is 31.1 Å². The van der Waals surface area contributed by atoms with Gasteiger partial charge in [0, 0.05) is 5.02 Å². The minimum Gasteiger partial charge on any atom is -0.454 e. The molecule has 0 aliphatic carbocycles. The molecular weight excluding hydrogens is 348 g/mol. The number of carbonyl (C=O) groups excluding carboxylic acids is 2. The van der Waals surface area contributed by atoms with Gasteiger partial charge in [-0.15, -0.1) is 0 Å². The summed E-state index contributed by atoms with van der Waals surface area (Å²) in [6.45, 7) is -0.415. The van der Waals surface area contributed by atoms with Crippen LogP contribution in [0.3, 0.4) is 0 Å². The van der Waals surface area contributed by atoms with E-state index in [1.807, 2.05) is 6.07 Å². The molecule has 25 heavy (non-hydrogen) atoms. The molecule has 1 aliphatic rings. The fourth-order valence-electron chi connectivity index (χ4n) is 2.14. The molecule has 0 radical (unpaired) electrons. The fourth-order valence-corrected chi connectivity index (χ4v) is 2.31. The first kappa shape index (κ1) is 16.6. The third kappa shape index (κ3) is 3.82. The Morgan fingerprint density at radius 1 is 1.20 bits per heavy atom. The third-order valence-corrected chi connectivity index (χ3v) is 3.55. The number of nitriles is 1. The zero-order valence-corrected chi connectivity index (χ0v) is 13.5. The minimum absolute atomic E-state index is 0.0943. The molecule has 0 aromatic heterocycles. The summed E-state index contributed by atoms with van der Waals surface area (Å²) in [4.78, 5) is 23.9. The molecule has 126 valence electrons. The lowest BCUT2D eigenvalue weighted by atomic mass is 10.2. The summed E-state index contributed by atoms with van der Waals surface area (Å²) in [5.74, 6) is -0.288. The van der Waals surface area contributed by atoms with Crippen LogP contribution < -0.4 is 14.8 Å². The second-order valence-electron chi connectivity index (χ2n) is 4.99. The topological polar surface area (TPSA) is 97.7 Å². The summed E-state index contributed by atoms with van der Waals surface area (Å²) < 4.78 is 15.3. The molecule has 1 heterocycles. The monoisotopic (exact) mass is 358 g/mol. The van der Waals surface area contributed by atoms with Gasteiger partial charge in [-0.05, 0) is 36.4 Å². The molecule has 0 bridgehead atoms. The van der Waals surface area contributed by atoms with Gasteiger partial charge in [0.2, 0.25) is 6.79 Å². The van der Waals surface area contributed by atoms with E-state index in [0.717, 1.165) is 0 Å². The maximum absolute atomic E-state index is 12.0. The highest BCUT2D eigenvalue weighted by Crippen LogP contribution is 2.32. The van der Waals surface area contributed by atoms with Crippen molar-refractivity contribution in [1.82, 2.24) is 0 Å². The molecule has 7 nitrogen and oxygen atoms in total. The second kappa shape index (κ2) is 7.11. The Bertz CT molecular complexity index is 891. The number of rotatable bonds is 4. The Morgan fingerprint density at radius 3 is 2.80 bits per heavy atom. The largest absolute Gasteiger partial charge is 0.454 e. The van der Waals surface area contributed by atoms with Crippen LogP contribution in [0.1, 0.15) is 15.9 Å². The summed E-state index contributed by atoms with van der Waals surface area (Å²) in [6.07, 6.45) is 0. The van der Waals surface area contributed by atoms with Crippen molar-refractivity contribution in [2.24, 2.45) is 0 Å². The van der Waals surface area contributed by atoms with Crippen LogP contribution in [-0.2, 0) is 9.53 Å². The summed E-state index contributed by atoms with van der Waals surface area (Å²) in [5, 5.41) is 11.9. The number of ether oxygens (including phenoxy) is 3. The van der Waals surface area contributed by atoms with Crippen LogP contribution in [0.25, 0.3) is 0 Å². The van der Waals surface area contributed by atoms with E-state index in [9.17, 15) is 9.59 Å². The first-order chi connectivity index (χ1) is 12.1. The number of esters is 1. The van der Waals surface area contributed by atoms with Crippen LogP contribution in [0.5, 0.6) is 11.5 Å². The smallest absolute Gasteiger partial charge is 0.338 e. The van der Waals surface area contributed by atoms with Crippen LogP contribution in [0, 0.1) is 11.3 Å². The van der Waals surface area contributed by atoms with Crippen molar-refractivity contribution >= 4 is 29.2 Å². The maximum Gasteiger partial charge on any atom is 0.338 e. The maximum atomic E-state index is 12.0. The van der Waals surface area contributed by atoms with Crippen molar-refractivity contribution in [1.29, 1.82) is 5.26 Å². The van der Waals surface area contributed by atoms with Gasteiger partial charge in [-0.1, -0.05) is 11.6 Å². The first-order valence-corrected chi connectivity index (χ1v) is 7.51. The number of hydrogen-bond donors (Lipinski definition) is 1. The quantitative estimate of drug-likeness (QED) is 0.844. The fraction of sp³-hybridized carbons (Fsp3) is 0.118. The molecular formula is C17H11ClN2O5. The van der Waals surface area contributed by atoms with Gasteiger partial charge in [-0.25, -0.2) is 4.79 Å². The van der Waals surface area contributed by atoms with Crippen LogP contribution in [0.4, 0.5) is 5.69 Å². The van der Waals surface area contributed by atoms with Gasteiger partial charge in [0.1, 0.15) is 6.07 Å². The SMILES string of the molecule is N#Cc1ccc(Cl)cc1NC(=O)COC(=O)c1ccc2c(c1)OCO2. The molecule has 3 rings (SSSR count). The van der Waals surface area contributed by atoms with E-state index >= 15 is 0 Å². The van der Waals surface area contributed by atoms with Gasteiger partial charge in [-0.2, -0.15) is 5.26 Å². The molecule has 0 unspecified atom stereocenters. The summed E-state index contributed by atoms with van der Waals surface area (Å²) in [5.41, 5.74) is 0.733. The Balaban J connectivity index is 1.60. The number of anilines is 1. The van der Waals surface area contributed by atoms with Crippen LogP contribution >= 0.6 is 11.6 Å². The van der Waals surface area contributed by atoms with Gasteiger partial charge in [0.05, 0.1) is 16.8 Å². The third-order valence-electron chi connectivity index (χ3n) is 3.32. The van der Waals surface area contributed by atoms with E-state index in [2.05, 4.69) is 5.32 Å². The second-order valence-corrected chi connectivity index (χ2v) is 5.43.